The van der Waals surface area contributed by atoms with Crippen molar-refractivity contribution in [2.75, 3.05) is 32.8 Å². The van der Waals surface area contributed by atoms with Gasteiger partial charge in [0.1, 0.15) is 18.8 Å². The van der Waals surface area contributed by atoms with E-state index in [1.165, 1.54) is 58.7 Å². The highest BCUT2D eigenvalue weighted by Crippen LogP contribution is 2.76. The Bertz CT molecular complexity index is 1560. The Labute approximate surface area is 331 Å². The van der Waals surface area contributed by atoms with Gasteiger partial charge in [-0.1, -0.05) is 59.6 Å². The predicted molar refractivity (Wildman–Crippen MR) is 212 cm³/mol. The van der Waals surface area contributed by atoms with Crippen LogP contribution < -0.4 is 0 Å². The Morgan fingerprint density at radius 3 is 2.02 bits per heavy atom. The van der Waals surface area contributed by atoms with Crippen LogP contribution in [0, 0.1) is 50.2 Å². The average molecular weight is 765 g/mol. The van der Waals surface area contributed by atoms with Crippen molar-refractivity contribution in [1.82, 2.24) is 9.80 Å². The fourth-order valence-corrected chi connectivity index (χ4v) is 14.7. The number of esters is 3. The van der Waals surface area contributed by atoms with Crippen LogP contribution in [0.4, 0.5) is 0 Å². The van der Waals surface area contributed by atoms with E-state index in [9.17, 15) is 14.4 Å². The van der Waals surface area contributed by atoms with Crippen LogP contribution in [0.5, 0.6) is 0 Å². The fourth-order valence-electron chi connectivity index (χ4n) is 14.7. The molecular weight excluding hydrogens is 693 g/mol. The van der Waals surface area contributed by atoms with E-state index in [1.54, 1.807) is 0 Å². The van der Waals surface area contributed by atoms with Crippen LogP contribution in [0.25, 0.3) is 0 Å². The van der Waals surface area contributed by atoms with Crippen molar-refractivity contribution in [3.63, 3.8) is 0 Å². The maximum Gasteiger partial charge on any atom is 0.303 e. The van der Waals surface area contributed by atoms with Crippen molar-refractivity contribution in [2.24, 2.45) is 50.2 Å². The highest BCUT2D eigenvalue weighted by molar-refractivity contribution is 5.84. The summed E-state index contributed by atoms with van der Waals surface area (Å²) in [6.45, 7) is 22.9. The van der Waals surface area contributed by atoms with Gasteiger partial charge in [0.25, 0.3) is 0 Å². The minimum Gasteiger partial charge on any atom is -0.465 e. The molecule has 5 aliphatic carbocycles. The molecule has 0 spiro atoms. The van der Waals surface area contributed by atoms with Crippen LogP contribution in [0.1, 0.15) is 152 Å². The summed E-state index contributed by atoms with van der Waals surface area (Å²) < 4.78 is 17.9. The van der Waals surface area contributed by atoms with Gasteiger partial charge in [-0.15, -0.1) is 0 Å². The van der Waals surface area contributed by atoms with E-state index in [0.29, 0.717) is 18.4 Å². The van der Waals surface area contributed by atoms with Crippen molar-refractivity contribution in [3.8, 4) is 0 Å². The summed E-state index contributed by atoms with van der Waals surface area (Å²) in [5, 5.41) is 0. The van der Waals surface area contributed by atoms with Crippen molar-refractivity contribution >= 4 is 23.8 Å². The first kappa shape index (κ1) is 40.8. The SMILES string of the molecule is CC(=O)OC[C@@]1(C)C2CC[C@]3(C)C(CC=C4C5CC(C)(C)CC[C@]5(C(=O)N5CCC(N6CCCCC6)CC5)CC[C@]43C)[C@@]2(C)C[C@@H](OC(C)=O)[C@@H]1OC(C)=O. The molecule has 1 amide bonds. The third kappa shape index (κ3) is 6.70. The van der Waals surface area contributed by atoms with E-state index in [1.807, 2.05) is 0 Å². The van der Waals surface area contributed by atoms with Gasteiger partial charge in [0, 0.05) is 45.3 Å². The van der Waals surface area contributed by atoms with Gasteiger partial charge in [-0.05, 0) is 136 Å². The Morgan fingerprint density at radius 1 is 0.727 bits per heavy atom. The number of piperidine rings is 2. The summed E-state index contributed by atoms with van der Waals surface area (Å²) in [5.41, 5.74) is 0.163. The van der Waals surface area contributed by atoms with Crippen LogP contribution in [-0.4, -0.2) is 84.7 Å². The maximum absolute atomic E-state index is 15.2. The third-order valence-corrected chi connectivity index (χ3v) is 17.6. The molecule has 7 aliphatic rings. The molecule has 2 saturated heterocycles. The van der Waals surface area contributed by atoms with E-state index in [2.05, 4.69) is 57.4 Å². The number of carbonyl (C=O) groups is 4. The predicted octanol–water partition coefficient (Wildman–Crippen LogP) is 8.28. The number of fused-ring (bicyclic) bond motifs is 7. The fraction of sp³-hybridized carbons (Fsp3) is 0.870. The minimum atomic E-state index is -0.750. The first-order valence-electron chi connectivity index (χ1n) is 22.0. The van der Waals surface area contributed by atoms with E-state index >= 15 is 4.79 Å². The van der Waals surface area contributed by atoms with Crippen molar-refractivity contribution in [1.29, 1.82) is 0 Å². The van der Waals surface area contributed by atoms with E-state index in [0.717, 1.165) is 77.3 Å². The second kappa shape index (κ2) is 14.4. The third-order valence-electron chi connectivity index (χ3n) is 17.6. The summed E-state index contributed by atoms with van der Waals surface area (Å²) in [5.74, 6) is -0.218. The molecule has 9 nitrogen and oxygen atoms in total. The van der Waals surface area contributed by atoms with Gasteiger partial charge in [-0.3, -0.25) is 19.2 Å². The van der Waals surface area contributed by atoms with Crippen LogP contribution in [0.3, 0.4) is 0 Å². The van der Waals surface area contributed by atoms with Gasteiger partial charge in [-0.25, -0.2) is 0 Å². The molecule has 7 rings (SSSR count). The number of carbonyl (C=O) groups excluding carboxylic acids is 4. The maximum atomic E-state index is 15.2. The van der Waals surface area contributed by atoms with Gasteiger partial charge in [0.05, 0.1) is 5.41 Å². The van der Waals surface area contributed by atoms with Gasteiger partial charge in [0.15, 0.2) is 0 Å². The Kier molecular flexibility index (Phi) is 10.7. The van der Waals surface area contributed by atoms with Crippen molar-refractivity contribution < 1.29 is 33.4 Å². The number of nitrogens with zero attached hydrogens (tertiary/aromatic N) is 2. The molecule has 4 saturated carbocycles. The highest BCUT2D eigenvalue weighted by atomic mass is 16.6. The second-order valence-electron chi connectivity index (χ2n) is 21.2. The van der Waals surface area contributed by atoms with Crippen LogP contribution in [-0.2, 0) is 33.4 Å². The molecular formula is C46H72N2O7. The molecule has 0 radical (unpaired) electrons. The van der Waals surface area contributed by atoms with Crippen LogP contribution in [0.15, 0.2) is 11.6 Å². The van der Waals surface area contributed by atoms with Gasteiger partial charge in [-0.2, -0.15) is 0 Å². The molecule has 10 atom stereocenters. The van der Waals surface area contributed by atoms with Crippen molar-refractivity contribution in [3.05, 3.63) is 11.6 Å². The number of allylic oxidation sites excluding steroid dienone is 2. The number of rotatable bonds is 6. The van der Waals surface area contributed by atoms with E-state index in [4.69, 9.17) is 14.2 Å². The lowest BCUT2D eigenvalue weighted by Crippen LogP contribution is -2.69. The molecule has 0 aromatic carbocycles. The summed E-state index contributed by atoms with van der Waals surface area (Å²) in [6.07, 6.45) is 15.8. The van der Waals surface area contributed by atoms with E-state index in [-0.39, 0.29) is 57.4 Å². The molecule has 55 heavy (non-hydrogen) atoms. The number of hydrogen-bond donors (Lipinski definition) is 0. The molecule has 0 bridgehead atoms. The normalized spacial score (nSPS) is 43.0. The standard InChI is InChI=1S/C46H72N2O7/c1-30(49)53-29-43(7)37-15-18-45(9)38(42(37,6)28-36(54-31(2)50)39(43)55-32(3)51)14-13-34-35-27-41(4,5)19-21-46(35,22-20-44(34,45)8)40(52)48-25-16-33(17-26-48)47-23-11-10-12-24-47/h13,33,35-39H,10-12,14-29H2,1-9H3/t35?,36-,37?,38?,39+,42+,43+,44-,45-,46+/m1/s1. The number of amides is 1. The lowest BCUT2D eigenvalue weighted by molar-refractivity contribution is -0.255. The smallest absolute Gasteiger partial charge is 0.303 e. The molecule has 0 N–H and O–H groups in total. The largest absolute Gasteiger partial charge is 0.465 e. The van der Waals surface area contributed by atoms with E-state index < -0.39 is 29.6 Å². The highest BCUT2D eigenvalue weighted by Gasteiger charge is 2.72. The Hall–Kier alpha value is -2.42. The molecule has 308 valence electrons. The molecule has 0 aromatic heterocycles. The van der Waals surface area contributed by atoms with Crippen LogP contribution in [0.2, 0.25) is 0 Å². The Morgan fingerprint density at radius 2 is 1.38 bits per heavy atom. The summed E-state index contributed by atoms with van der Waals surface area (Å²) in [4.78, 5) is 57.7. The molecule has 9 heteroatoms. The zero-order chi connectivity index (χ0) is 39.8. The second-order valence-corrected chi connectivity index (χ2v) is 21.2. The zero-order valence-electron chi connectivity index (χ0n) is 35.7. The lowest BCUT2D eigenvalue weighted by Gasteiger charge is -2.72. The van der Waals surface area contributed by atoms with Gasteiger partial charge >= 0.3 is 17.9 Å². The molecule has 2 aliphatic heterocycles. The van der Waals surface area contributed by atoms with Crippen LogP contribution >= 0.6 is 0 Å². The monoisotopic (exact) mass is 765 g/mol. The Balaban J connectivity index is 1.22. The zero-order valence-corrected chi connectivity index (χ0v) is 35.7. The van der Waals surface area contributed by atoms with Gasteiger partial charge in [0.2, 0.25) is 5.91 Å². The topological polar surface area (TPSA) is 102 Å². The van der Waals surface area contributed by atoms with Crippen molar-refractivity contribution in [2.45, 2.75) is 170 Å². The first-order valence-corrected chi connectivity index (χ1v) is 22.0. The number of ether oxygens (including phenoxy) is 3. The average Bonchev–Trinajstić information content (AvgIpc) is 3.12. The molecule has 0 aromatic rings. The minimum absolute atomic E-state index is 0.0662. The summed E-state index contributed by atoms with van der Waals surface area (Å²) >= 11 is 0. The lowest BCUT2D eigenvalue weighted by atomic mass is 9.33. The molecule has 6 fully saturated rings. The molecule has 2 heterocycles. The molecule has 3 unspecified atom stereocenters. The quantitative estimate of drug-likeness (QED) is 0.151. The summed E-state index contributed by atoms with van der Waals surface area (Å²) in [6, 6.07) is 0.618. The van der Waals surface area contributed by atoms with Gasteiger partial charge < -0.3 is 24.0 Å². The number of likely N-dealkylation sites (tertiary alicyclic amines) is 2. The first-order chi connectivity index (χ1) is 25.8. The summed E-state index contributed by atoms with van der Waals surface area (Å²) in [7, 11) is 0. The number of hydrogen-bond acceptors (Lipinski definition) is 8.